The van der Waals surface area contributed by atoms with Gasteiger partial charge < -0.3 is 9.47 Å². The first-order valence-electron chi connectivity index (χ1n) is 6.06. The molecule has 1 unspecified atom stereocenters. The van der Waals surface area contributed by atoms with Crippen molar-refractivity contribution in [2.75, 3.05) is 13.2 Å². The van der Waals surface area contributed by atoms with E-state index in [0.717, 1.165) is 38.1 Å². The van der Waals surface area contributed by atoms with Crippen LogP contribution in [0.1, 0.15) is 32.0 Å². The Morgan fingerprint density at radius 3 is 3.12 bits per heavy atom. The summed E-state index contributed by atoms with van der Waals surface area (Å²) in [5.74, 6) is 1.28. The quantitative estimate of drug-likeness (QED) is 0.760. The van der Waals surface area contributed by atoms with Gasteiger partial charge in [0.2, 0.25) is 5.88 Å². The fourth-order valence-corrected chi connectivity index (χ4v) is 2.00. The molecule has 94 valence electrons. The molecule has 0 aromatic carbocycles. The van der Waals surface area contributed by atoms with Gasteiger partial charge in [0.1, 0.15) is 17.6 Å². The summed E-state index contributed by atoms with van der Waals surface area (Å²) in [4.78, 5) is 8.46. The van der Waals surface area contributed by atoms with Gasteiger partial charge in [-0.25, -0.2) is 4.98 Å². The van der Waals surface area contributed by atoms with E-state index >= 15 is 0 Å². The van der Waals surface area contributed by atoms with Crippen molar-refractivity contribution < 1.29 is 9.47 Å². The summed E-state index contributed by atoms with van der Waals surface area (Å²) in [6.45, 7) is 3.45. The van der Waals surface area contributed by atoms with Crippen LogP contribution in [0, 0.1) is 0 Å². The second kappa shape index (κ2) is 6.17. The lowest BCUT2D eigenvalue weighted by atomic mass is 10.2. The van der Waals surface area contributed by atoms with Gasteiger partial charge in [-0.3, -0.25) is 0 Å². The monoisotopic (exact) mass is 256 g/mol. The molecular weight excluding hydrogens is 240 g/mol. The number of nitrogens with zero attached hydrogens (tertiary/aromatic N) is 2. The molecular formula is C12H17ClN2O2. The van der Waals surface area contributed by atoms with Gasteiger partial charge in [-0.15, -0.1) is 0 Å². The van der Waals surface area contributed by atoms with Crippen molar-refractivity contribution in [3.8, 4) is 5.88 Å². The Labute approximate surface area is 106 Å². The van der Waals surface area contributed by atoms with Crippen LogP contribution in [0.2, 0.25) is 5.15 Å². The maximum Gasteiger partial charge on any atom is 0.218 e. The van der Waals surface area contributed by atoms with Crippen LogP contribution in [-0.2, 0) is 11.2 Å². The smallest absolute Gasteiger partial charge is 0.218 e. The van der Waals surface area contributed by atoms with Crippen molar-refractivity contribution in [2.45, 2.75) is 38.7 Å². The van der Waals surface area contributed by atoms with E-state index in [-0.39, 0.29) is 6.10 Å². The fraction of sp³-hybridized carbons (Fsp3) is 0.667. The molecule has 1 aliphatic heterocycles. The molecule has 1 saturated heterocycles. The Bertz CT molecular complexity index is 368. The standard InChI is InChI=1S/C12H17ClN2O2/c1-2-4-11-14-10(13)7-12(15-11)17-8-9-5-3-6-16-9/h7,9H,2-6,8H2,1H3. The molecule has 17 heavy (non-hydrogen) atoms. The first kappa shape index (κ1) is 12.6. The zero-order valence-corrected chi connectivity index (χ0v) is 10.7. The van der Waals surface area contributed by atoms with E-state index in [4.69, 9.17) is 21.1 Å². The molecule has 2 heterocycles. The van der Waals surface area contributed by atoms with Crippen molar-refractivity contribution in [3.05, 3.63) is 17.0 Å². The Morgan fingerprint density at radius 1 is 1.53 bits per heavy atom. The van der Waals surface area contributed by atoms with E-state index < -0.39 is 0 Å². The molecule has 0 bridgehead atoms. The van der Waals surface area contributed by atoms with Crippen LogP contribution in [-0.4, -0.2) is 29.3 Å². The third kappa shape index (κ3) is 3.82. The lowest BCUT2D eigenvalue weighted by molar-refractivity contribution is 0.0662. The number of hydrogen-bond donors (Lipinski definition) is 0. The molecule has 0 N–H and O–H groups in total. The minimum absolute atomic E-state index is 0.193. The summed E-state index contributed by atoms with van der Waals surface area (Å²) < 4.78 is 11.1. The highest BCUT2D eigenvalue weighted by atomic mass is 35.5. The van der Waals surface area contributed by atoms with Crippen LogP contribution < -0.4 is 4.74 Å². The highest BCUT2D eigenvalue weighted by molar-refractivity contribution is 6.29. The molecule has 5 heteroatoms. The molecule has 1 aliphatic rings. The molecule has 1 atom stereocenters. The lowest BCUT2D eigenvalue weighted by Gasteiger charge is -2.11. The molecule has 2 rings (SSSR count). The maximum atomic E-state index is 5.92. The van der Waals surface area contributed by atoms with Crippen LogP contribution in [0.25, 0.3) is 0 Å². The number of aryl methyl sites for hydroxylation is 1. The average molecular weight is 257 g/mol. The normalized spacial score (nSPS) is 19.5. The van der Waals surface area contributed by atoms with E-state index in [2.05, 4.69) is 16.9 Å². The van der Waals surface area contributed by atoms with E-state index in [9.17, 15) is 0 Å². The summed E-state index contributed by atoms with van der Waals surface area (Å²) in [6, 6.07) is 1.65. The van der Waals surface area contributed by atoms with E-state index in [0.29, 0.717) is 17.6 Å². The largest absolute Gasteiger partial charge is 0.475 e. The first-order valence-corrected chi connectivity index (χ1v) is 6.43. The minimum Gasteiger partial charge on any atom is -0.475 e. The Balaban J connectivity index is 1.94. The number of halogens is 1. The van der Waals surface area contributed by atoms with Crippen molar-refractivity contribution in [1.29, 1.82) is 0 Å². The maximum absolute atomic E-state index is 5.92. The van der Waals surface area contributed by atoms with Crippen LogP contribution in [0.3, 0.4) is 0 Å². The fourth-order valence-electron chi connectivity index (χ4n) is 1.81. The molecule has 1 aromatic heterocycles. The molecule has 4 nitrogen and oxygen atoms in total. The average Bonchev–Trinajstić information content (AvgIpc) is 2.79. The highest BCUT2D eigenvalue weighted by Gasteiger charge is 2.16. The SMILES string of the molecule is CCCc1nc(Cl)cc(OCC2CCCO2)n1. The second-order valence-electron chi connectivity index (χ2n) is 4.14. The van der Waals surface area contributed by atoms with Gasteiger partial charge in [0.15, 0.2) is 0 Å². The van der Waals surface area contributed by atoms with Crippen molar-refractivity contribution in [2.24, 2.45) is 0 Å². The third-order valence-electron chi connectivity index (χ3n) is 2.63. The third-order valence-corrected chi connectivity index (χ3v) is 2.83. The summed E-state index contributed by atoms with van der Waals surface area (Å²) in [6.07, 6.45) is 4.17. The van der Waals surface area contributed by atoms with Crippen LogP contribution in [0.15, 0.2) is 6.07 Å². The summed E-state index contributed by atoms with van der Waals surface area (Å²) in [5.41, 5.74) is 0. The Morgan fingerprint density at radius 2 is 2.41 bits per heavy atom. The zero-order chi connectivity index (χ0) is 12.1. The predicted molar refractivity (Wildman–Crippen MR) is 65.5 cm³/mol. The van der Waals surface area contributed by atoms with Crippen molar-refractivity contribution in [3.63, 3.8) is 0 Å². The van der Waals surface area contributed by atoms with Gasteiger partial charge in [-0.1, -0.05) is 18.5 Å². The van der Waals surface area contributed by atoms with Crippen LogP contribution in [0.5, 0.6) is 5.88 Å². The van der Waals surface area contributed by atoms with Crippen LogP contribution >= 0.6 is 11.6 Å². The lowest BCUT2D eigenvalue weighted by Crippen LogP contribution is -2.17. The van der Waals surface area contributed by atoms with E-state index in [1.165, 1.54) is 0 Å². The molecule has 0 amide bonds. The summed E-state index contributed by atoms with van der Waals surface area (Å²) in [7, 11) is 0. The van der Waals surface area contributed by atoms with E-state index in [1.54, 1.807) is 6.07 Å². The Kier molecular flexibility index (Phi) is 4.57. The number of aromatic nitrogens is 2. The molecule has 1 fully saturated rings. The van der Waals surface area contributed by atoms with Gasteiger partial charge in [0.25, 0.3) is 0 Å². The number of ether oxygens (including phenoxy) is 2. The Hall–Kier alpha value is -0.870. The number of hydrogen-bond acceptors (Lipinski definition) is 4. The van der Waals surface area contributed by atoms with Gasteiger partial charge >= 0.3 is 0 Å². The van der Waals surface area contributed by atoms with Crippen molar-refractivity contribution in [1.82, 2.24) is 9.97 Å². The van der Waals surface area contributed by atoms with Crippen molar-refractivity contribution >= 4 is 11.6 Å². The highest BCUT2D eigenvalue weighted by Crippen LogP contribution is 2.17. The molecule has 1 aromatic rings. The van der Waals surface area contributed by atoms with Gasteiger partial charge in [0.05, 0.1) is 6.10 Å². The molecule has 0 radical (unpaired) electrons. The molecule has 0 saturated carbocycles. The minimum atomic E-state index is 0.193. The summed E-state index contributed by atoms with van der Waals surface area (Å²) in [5, 5.41) is 0.436. The van der Waals surface area contributed by atoms with Gasteiger partial charge in [-0.2, -0.15) is 4.98 Å². The summed E-state index contributed by atoms with van der Waals surface area (Å²) >= 11 is 5.92. The molecule has 0 aliphatic carbocycles. The predicted octanol–water partition coefficient (Wildman–Crippen LogP) is 2.64. The topological polar surface area (TPSA) is 44.2 Å². The number of rotatable bonds is 5. The van der Waals surface area contributed by atoms with Crippen LogP contribution in [0.4, 0.5) is 0 Å². The molecule has 0 spiro atoms. The second-order valence-corrected chi connectivity index (χ2v) is 4.53. The first-order chi connectivity index (χ1) is 8.28. The van der Waals surface area contributed by atoms with Gasteiger partial charge in [-0.05, 0) is 19.3 Å². The zero-order valence-electron chi connectivity index (χ0n) is 9.99. The van der Waals surface area contributed by atoms with Gasteiger partial charge in [0, 0.05) is 19.1 Å². The van der Waals surface area contributed by atoms with E-state index in [1.807, 2.05) is 0 Å².